The number of methoxy groups -OCH3 is 1. The number of likely N-dealkylation sites (tertiary alicyclic amines) is 2. The zero-order valence-electron chi connectivity index (χ0n) is 35.1. The summed E-state index contributed by atoms with van der Waals surface area (Å²) in [6.45, 7) is 11.0. The van der Waals surface area contributed by atoms with Crippen molar-refractivity contribution in [2.45, 2.75) is 82.6 Å². The normalized spacial score (nSPS) is 21.8. The summed E-state index contributed by atoms with van der Waals surface area (Å²) in [6.07, 6.45) is 7.98. The molecule has 4 fully saturated rings. The molecule has 4 amide bonds. The van der Waals surface area contributed by atoms with Crippen LogP contribution in [0.5, 0.6) is 11.5 Å². The van der Waals surface area contributed by atoms with Gasteiger partial charge in [0, 0.05) is 38.3 Å². The van der Waals surface area contributed by atoms with E-state index in [1.807, 2.05) is 19.1 Å². The maximum atomic E-state index is 13.9. The molecule has 5 aliphatic rings. The summed E-state index contributed by atoms with van der Waals surface area (Å²) in [4.78, 5) is 60.4. The zero-order valence-corrected chi connectivity index (χ0v) is 35.1. The fourth-order valence-corrected chi connectivity index (χ4v) is 10.3. The number of amides is 4. The first-order chi connectivity index (χ1) is 29.2. The van der Waals surface area contributed by atoms with Crippen molar-refractivity contribution in [3.8, 4) is 17.6 Å². The Hall–Kier alpha value is -5.25. The molecule has 12 heteroatoms. The monoisotopic (exact) mass is 814 g/mol. The van der Waals surface area contributed by atoms with Crippen molar-refractivity contribution in [2.75, 3.05) is 71.0 Å². The van der Waals surface area contributed by atoms with Crippen LogP contribution in [-0.4, -0.2) is 104 Å². The van der Waals surface area contributed by atoms with Crippen LogP contribution in [0.2, 0.25) is 0 Å². The van der Waals surface area contributed by atoms with Crippen LogP contribution in [0, 0.1) is 23.2 Å². The van der Waals surface area contributed by atoms with Crippen LogP contribution in [0.3, 0.4) is 0 Å². The minimum Gasteiger partial charge on any atom is -0.493 e. The van der Waals surface area contributed by atoms with Gasteiger partial charge >= 0.3 is 0 Å². The standard InChI is InChI=1S/C48H58N6O6/c1-3-60-44-28-37(8-12-43(44)59-2)42(14-21-49)54-47(57)40-10-9-38(29-41(40)48(54)58)53-26-17-33(18-27-53)31-51-22-15-32(16-23-51)30-52-24-19-35(20-25-52)34-4-6-36(7-5-34)39-11-13-45(55)50-46(39)56/h4-10,12,28-29,32-33,35,39,42H,3,11,13-20,22-27,30-31H2,1-2H3,(H,50,55,56). The van der Waals surface area contributed by atoms with Gasteiger partial charge in [-0.15, -0.1) is 0 Å². The third kappa shape index (κ3) is 8.93. The first-order valence-corrected chi connectivity index (χ1v) is 22.1. The van der Waals surface area contributed by atoms with Gasteiger partial charge in [0.15, 0.2) is 11.5 Å². The number of hydrogen-bond acceptors (Lipinski definition) is 10. The Balaban J connectivity index is 0.775. The number of rotatable bonds is 13. The van der Waals surface area contributed by atoms with Crippen molar-refractivity contribution in [3.63, 3.8) is 0 Å². The molecule has 4 saturated heterocycles. The number of nitrogens with zero attached hydrogens (tertiary/aromatic N) is 5. The highest BCUT2D eigenvalue weighted by atomic mass is 16.5. The summed E-state index contributed by atoms with van der Waals surface area (Å²) < 4.78 is 11.2. The van der Waals surface area contributed by atoms with Gasteiger partial charge in [-0.05, 0) is 143 Å². The summed E-state index contributed by atoms with van der Waals surface area (Å²) in [5.74, 6) is 1.67. The molecule has 8 rings (SSSR count). The number of nitrogens with one attached hydrogen (secondary N) is 1. The van der Waals surface area contributed by atoms with E-state index < -0.39 is 6.04 Å². The van der Waals surface area contributed by atoms with Crippen molar-refractivity contribution in [3.05, 3.63) is 88.5 Å². The van der Waals surface area contributed by atoms with Crippen molar-refractivity contribution in [1.82, 2.24) is 20.0 Å². The van der Waals surface area contributed by atoms with Gasteiger partial charge in [-0.2, -0.15) is 5.26 Å². The van der Waals surface area contributed by atoms with Crippen LogP contribution >= 0.6 is 0 Å². The zero-order chi connectivity index (χ0) is 41.8. The molecule has 0 radical (unpaired) electrons. The number of carbonyl (C=O) groups is 4. The Morgan fingerprint density at radius 3 is 2.00 bits per heavy atom. The molecular weight excluding hydrogens is 757 g/mol. The molecule has 5 aliphatic heterocycles. The molecule has 0 aromatic heterocycles. The minimum absolute atomic E-state index is 0.0325. The van der Waals surface area contributed by atoms with Crippen molar-refractivity contribution >= 4 is 29.3 Å². The molecule has 0 saturated carbocycles. The lowest BCUT2D eigenvalue weighted by molar-refractivity contribution is -0.134. The molecule has 1 N–H and O–H groups in total. The Labute approximate surface area is 353 Å². The second-order valence-corrected chi connectivity index (χ2v) is 17.4. The number of ether oxygens (including phenoxy) is 2. The summed E-state index contributed by atoms with van der Waals surface area (Å²) in [5, 5.41) is 12.2. The predicted molar refractivity (Wildman–Crippen MR) is 228 cm³/mol. The summed E-state index contributed by atoms with van der Waals surface area (Å²) in [6, 6.07) is 20.9. The van der Waals surface area contributed by atoms with E-state index >= 15 is 0 Å². The molecule has 60 heavy (non-hydrogen) atoms. The van der Waals surface area contributed by atoms with Crippen LogP contribution in [-0.2, 0) is 9.59 Å². The molecule has 12 nitrogen and oxygen atoms in total. The molecule has 2 unspecified atom stereocenters. The number of benzene rings is 3. The van der Waals surface area contributed by atoms with E-state index in [1.165, 1.54) is 29.8 Å². The largest absolute Gasteiger partial charge is 0.493 e. The summed E-state index contributed by atoms with van der Waals surface area (Å²) >= 11 is 0. The molecule has 0 spiro atoms. The first-order valence-electron chi connectivity index (χ1n) is 22.1. The number of nitriles is 1. The lowest BCUT2D eigenvalue weighted by Gasteiger charge is -2.40. The van der Waals surface area contributed by atoms with Gasteiger partial charge in [-0.3, -0.25) is 29.4 Å². The maximum Gasteiger partial charge on any atom is 0.262 e. The number of imide groups is 2. The van der Waals surface area contributed by atoms with E-state index in [4.69, 9.17) is 9.47 Å². The third-order valence-electron chi connectivity index (χ3n) is 13.7. The van der Waals surface area contributed by atoms with Crippen LogP contribution in [0.15, 0.2) is 60.7 Å². The van der Waals surface area contributed by atoms with E-state index in [9.17, 15) is 24.4 Å². The Morgan fingerprint density at radius 2 is 1.37 bits per heavy atom. The van der Waals surface area contributed by atoms with E-state index in [0.29, 0.717) is 59.5 Å². The van der Waals surface area contributed by atoms with Gasteiger partial charge in [0.25, 0.3) is 11.8 Å². The quantitative estimate of drug-likeness (QED) is 0.187. The van der Waals surface area contributed by atoms with Gasteiger partial charge < -0.3 is 24.2 Å². The lowest BCUT2D eigenvalue weighted by Crippen LogP contribution is -2.44. The van der Waals surface area contributed by atoms with Crippen LogP contribution in [0.1, 0.15) is 120 Å². The third-order valence-corrected chi connectivity index (χ3v) is 13.7. The molecule has 2 atom stereocenters. The molecule has 3 aromatic carbocycles. The molecule has 316 valence electrons. The molecule has 3 aromatic rings. The molecular formula is C48H58N6O6. The van der Waals surface area contributed by atoms with Gasteiger partial charge in [-0.1, -0.05) is 30.3 Å². The average Bonchev–Trinajstić information content (AvgIpc) is 3.51. The van der Waals surface area contributed by atoms with E-state index in [1.54, 1.807) is 31.4 Å². The summed E-state index contributed by atoms with van der Waals surface area (Å²) in [5.41, 5.74) is 4.75. The van der Waals surface area contributed by atoms with Gasteiger partial charge in [0.2, 0.25) is 11.8 Å². The van der Waals surface area contributed by atoms with Crippen molar-refractivity contribution in [2.24, 2.45) is 11.8 Å². The fraction of sp³-hybridized carbons (Fsp3) is 0.521. The number of anilines is 1. The number of carbonyl (C=O) groups excluding carboxylic acids is 4. The lowest BCUT2D eigenvalue weighted by atomic mass is 9.85. The second-order valence-electron chi connectivity index (χ2n) is 17.4. The highest BCUT2D eigenvalue weighted by Gasteiger charge is 2.41. The number of piperidine rings is 4. The molecule has 0 aliphatic carbocycles. The predicted octanol–water partition coefficient (Wildman–Crippen LogP) is 6.67. The smallest absolute Gasteiger partial charge is 0.262 e. The second kappa shape index (κ2) is 18.6. The van der Waals surface area contributed by atoms with Crippen LogP contribution in [0.25, 0.3) is 0 Å². The van der Waals surface area contributed by atoms with Crippen LogP contribution < -0.4 is 19.7 Å². The highest BCUT2D eigenvalue weighted by Crippen LogP contribution is 2.39. The van der Waals surface area contributed by atoms with Crippen molar-refractivity contribution < 1.29 is 28.7 Å². The summed E-state index contributed by atoms with van der Waals surface area (Å²) in [7, 11) is 1.56. The average molecular weight is 815 g/mol. The first kappa shape index (κ1) is 41.5. The number of hydrogen-bond donors (Lipinski definition) is 1. The van der Waals surface area contributed by atoms with Gasteiger partial charge in [0.1, 0.15) is 0 Å². The van der Waals surface area contributed by atoms with Crippen LogP contribution in [0.4, 0.5) is 5.69 Å². The number of fused-ring (bicyclic) bond motifs is 1. The van der Waals surface area contributed by atoms with E-state index in [-0.39, 0.29) is 36.0 Å². The Morgan fingerprint density at radius 1 is 0.733 bits per heavy atom. The minimum atomic E-state index is -0.749. The Kier molecular flexibility index (Phi) is 12.8. The van der Waals surface area contributed by atoms with E-state index in [0.717, 1.165) is 88.7 Å². The topological polar surface area (TPSA) is 136 Å². The SMILES string of the molecule is CCOc1cc(C(CC#N)N2C(=O)c3ccc(N4CCC(CN5CCC(CN6CCC(c7ccc(C8CCC(=O)NC8=O)cc7)CC6)CC5)CC4)cc3C2=O)ccc1OC. The molecule has 5 heterocycles. The highest BCUT2D eigenvalue weighted by molar-refractivity contribution is 6.22. The maximum absolute atomic E-state index is 13.9. The van der Waals surface area contributed by atoms with Gasteiger partial charge in [0.05, 0.1) is 49.3 Å². The van der Waals surface area contributed by atoms with Gasteiger partial charge in [-0.25, -0.2) is 0 Å². The Bertz CT molecular complexity index is 2090. The fourth-order valence-electron chi connectivity index (χ4n) is 10.3. The van der Waals surface area contributed by atoms with Crippen molar-refractivity contribution in [1.29, 1.82) is 5.26 Å². The van der Waals surface area contributed by atoms with E-state index in [2.05, 4.69) is 50.4 Å². The molecule has 0 bridgehead atoms.